The Morgan fingerprint density at radius 3 is 2.35 bits per heavy atom. The van der Waals surface area contributed by atoms with E-state index in [-0.39, 0.29) is 30.1 Å². The van der Waals surface area contributed by atoms with Crippen molar-refractivity contribution in [2.24, 2.45) is 4.99 Å². The summed E-state index contributed by atoms with van der Waals surface area (Å²) in [5, 5.41) is 6.76. The molecule has 2 rings (SSSR count). The van der Waals surface area contributed by atoms with Gasteiger partial charge in [-0.2, -0.15) is 0 Å². The summed E-state index contributed by atoms with van der Waals surface area (Å²) in [7, 11) is 3.21. The SMILES string of the molecule is CN=C(NCCOC1CCCCCC1)NC1CCN(C(=O)OC)CC1.I. The number of ether oxygens (including phenoxy) is 2. The number of nitrogens with one attached hydrogen (secondary N) is 2. The largest absolute Gasteiger partial charge is 0.453 e. The Morgan fingerprint density at radius 1 is 1.12 bits per heavy atom. The second-order valence-electron chi connectivity index (χ2n) is 6.86. The molecule has 8 heteroatoms. The van der Waals surface area contributed by atoms with E-state index in [1.54, 1.807) is 11.9 Å². The lowest BCUT2D eigenvalue weighted by Gasteiger charge is -2.32. The van der Waals surface area contributed by atoms with Gasteiger partial charge in [-0.15, -0.1) is 24.0 Å². The Labute approximate surface area is 174 Å². The van der Waals surface area contributed by atoms with E-state index in [1.165, 1.54) is 45.6 Å². The lowest BCUT2D eigenvalue weighted by atomic mass is 10.1. The van der Waals surface area contributed by atoms with Gasteiger partial charge in [0.25, 0.3) is 0 Å². The highest BCUT2D eigenvalue weighted by atomic mass is 127. The van der Waals surface area contributed by atoms with E-state index < -0.39 is 0 Å². The van der Waals surface area contributed by atoms with Crippen molar-refractivity contribution in [3.8, 4) is 0 Å². The first-order valence-electron chi connectivity index (χ1n) is 9.64. The molecule has 0 aromatic rings. The quantitative estimate of drug-likeness (QED) is 0.207. The van der Waals surface area contributed by atoms with Gasteiger partial charge in [-0.1, -0.05) is 25.7 Å². The van der Waals surface area contributed by atoms with Crippen molar-refractivity contribution in [2.45, 2.75) is 63.5 Å². The van der Waals surface area contributed by atoms with Gasteiger partial charge in [0.1, 0.15) is 0 Å². The molecule has 1 heterocycles. The lowest BCUT2D eigenvalue weighted by molar-refractivity contribution is 0.0467. The van der Waals surface area contributed by atoms with Gasteiger partial charge in [0.15, 0.2) is 5.96 Å². The average Bonchev–Trinajstić information content (AvgIpc) is 2.93. The first-order chi connectivity index (χ1) is 12.2. The maximum atomic E-state index is 11.5. The first-order valence-corrected chi connectivity index (χ1v) is 9.64. The summed E-state index contributed by atoms with van der Waals surface area (Å²) >= 11 is 0. The minimum absolute atomic E-state index is 0. The zero-order valence-corrected chi connectivity index (χ0v) is 18.5. The van der Waals surface area contributed by atoms with Crippen molar-refractivity contribution in [3.05, 3.63) is 0 Å². The van der Waals surface area contributed by atoms with Gasteiger partial charge in [-0.05, 0) is 25.7 Å². The second kappa shape index (κ2) is 13.4. The molecule has 0 aromatic heterocycles. The van der Waals surface area contributed by atoms with Crippen LogP contribution in [0.1, 0.15) is 51.4 Å². The van der Waals surface area contributed by atoms with E-state index in [0.717, 1.165) is 25.3 Å². The fraction of sp³-hybridized carbons (Fsp3) is 0.889. The van der Waals surface area contributed by atoms with Crippen LogP contribution in [-0.4, -0.2) is 69.5 Å². The highest BCUT2D eigenvalue weighted by Gasteiger charge is 2.23. The Balaban J connectivity index is 0.00000338. The molecule has 2 fully saturated rings. The number of carbonyl (C=O) groups excluding carboxylic acids is 1. The van der Waals surface area contributed by atoms with E-state index in [2.05, 4.69) is 15.6 Å². The van der Waals surface area contributed by atoms with Crippen LogP contribution in [0, 0.1) is 0 Å². The molecule has 0 bridgehead atoms. The van der Waals surface area contributed by atoms with Gasteiger partial charge in [0, 0.05) is 32.7 Å². The number of likely N-dealkylation sites (tertiary alicyclic amines) is 1. The molecule has 2 N–H and O–H groups in total. The standard InChI is InChI=1S/C18H34N4O3.HI/c1-19-17(20-11-14-25-16-7-5-3-4-6-8-16)21-15-9-12-22(13-10-15)18(23)24-2;/h15-16H,3-14H2,1-2H3,(H2,19,20,21);1H. The molecule has 0 spiro atoms. The van der Waals surface area contributed by atoms with Gasteiger partial charge < -0.3 is 25.0 Å². The molecule has 1 amide bonds. The number of rotatable bonds is 5. The molecule has 0 aromatic carbocycles. The molecule has 1 aliphatic heterocycles. The molecule has 2 aliphatic rings. The van der Waals surface area contributed by atoms with E-state index >= 15 is 0 Å². The summed E-state index contributed by atoms with van der Waals surface area (Å²) in [5.74, 6) is 0.806. The Bertz CT molecular complexity index is 421. The topological polar surface area (TPSA) is 75.2 Å². The number of methoxy groups -OCH3 is 1. The van der Waals surface area contributed by atoms with Crippen molar-refractivity contribution < 1.29 is 14.3 Å². The molecule has 26 heavy (non-hydrogen) atoms. The van der Waals surface area contributed by atoms with E-state index in [4.69, 9.17) is 9.47 Å². The summed E-state index contributed by atoms with van der Waals surface area (Å²) in [5.41, 5.74) is 0. The van der Waals surface area contributed by atoms with Crippen LogP contribution in [0.3, 0.4) is 0 Å². The maximum Gasteiger partial charge on any atom is 0.409 e. The Morgan fingerprint density at radius 2 is 1.77 bits per heavy atom. The predicted octanol–water partition coefficient (Wildman–Crippen LogP) is 2.74. The number of amides is 1. The van der Waals surface area contributed by atoms with Crippen LogP contribution in [0.25, 0.3) is 0 Å². The van der Waals surface area contributed by atoms with Crippen LogP contribution < -0.4 is 10.6 Å². The van der Waals surface area contributed by atoms with Gasteiger partial charge in [-0.25, -0.2) is 4.79 Å². The highest BCUT2D eigenvalue weighted by molar-refractivity contribution is 14.0. The number of piperidine rings is 1. The predicted molar refractivity (Wildman–Crippen MR) is 114 cm³/mol. The molecule has 0 radical (unpaired) electrons. The maximum absolute atomic E-state index is 11.5. The van der Waals surface area contributed by atoms with Gasteiger partial charge in [-0.3, -0.25) is 4.99 Å². The number of halogens is 1. The molecular formula is C18H35IN4O3. The van der Waals surface area contributed by atoms with Gasteiger partial charge in [0.2, 0.25) is 0 Å². The third kappa shape index (κ3) is 8.28. The van der Waals surface area contributed by atoms with E-state index in [9.17, 15) is 4.79 Å². The van der Waals surface area contributed by atoms with E-state index in [1.807, 2.05) is 0 Å². The van der Waals surface area contributed by atoms with Crippen molar-refractivity contribution in [1.82, 2.24) is 15.5 Å². The summed E-state index contributed by atoms with van der Waals surface area (Å²) in [4.78, 5) is 17.5. The zero-order valence-electron chi connectivity index (χ0n) is 16.2. The molecule has 1 aliphatic carbocycles. The third-order valence-corrected chi connectivity index (χ3v) is 5.04. The van der Waals surface area contributed by atoms with Crippen LogP contribution in [-0.2, 0) is 9.47 Å². The summed E-state index contributed by atoms with van der Waals surface area (Å²) in [6, 6.07) is 0.329. The smallest absolute Gasteiger partial charge is 0.409 e. The number of aliphatic imine (C=N–C) groups is 1. The molecule has 1 saturated heterocycles. The van der Waals surface area contributed by atoms with Crippen molar-refractivity contribution >= 4 is 36.0 Å². The molecule has 0 atom stereocenters. The molecule has 152 valence electrons. The normalized spacial score (nSPS) is 20.1. The molecule has 1 saturated carbocycles. The Hall–Kier alpha value is -0.770. The molecule has 7 nitrogen and oxygen atoms in total. The van der Waals surface area contributed by atoms with Crippen molar-refractivity contribution in [1.29, 1.82) is 0 Å². The summed E-state index contributed by atoms with van der Waals surface area (Å²) in [6.07, 6.45) is 9.68. The molecule has 0 unspecified atom stereocenters. The van der Waals surface area contributed by atoms with E-state index in [0.29, 0.717) is 31.8 Å². The monoisotopic (exact) mass is 482 g/mol. The van der Waals surface area contributed by atoms with Crippen LogP contribution in [0.4, 0.5) is 4.79 Å². The third-order valence-electron chi connectivity index (χ3n) is 5.04. The number of carbonyl (C=O) groups is 1. The Kier molecular flexibility index (Phi) is 12.0. The van der Waals surface area contributed by atoms with Crippen LogP contribution in [0.5, 0.6) is 0 Å². The van der Waals surface area contributed by atoms with Crippen LogP contribution in [0.15, 0.2) is 4.99 Å². The second-order valence-corrected chi connectivity index (χ2v) is 6.86. The summed E-state index contributed by atoms with van der Waals surface area (Å²) in [6.45, 7) is 2.90. The van der Waals surface area contributed by atoms with Crippen LogP contribution >= 0.6 is 24.0 Å². The van der Waals surface area contributed by atoms with Gasteiger partial charge >= 0.3 is 6.09 Å². The van der Waals surface area contributed by atoms with Crippen molar-refractivity contribution in [2.75, 3.05) is 40.4 Å². The fourth-order valence-corrected chi connectivity index (χ4v) is 3.53. The number of hydrogen-bond donors (Lipinski definition) is 2. The number of hydrogen-bond acceptors (Lipinski definition) is 4. The van der Waals surface area contributed by atoms with Crippen molar-refractivity contribution in [3.63, 3.8) is 0 Å². The van der Waals surface area contributed by atoms with Crippen LogP contribution in [0.2, 0.25) is 0 Å². The number of guanidine groups is 1. The zero-order chi connectivity index (χ0) is 17.9. The average molecular weight is 482 g/mol. The fourth-order valence-electron chi connectivity index (χ4n) is 3.53. The minimum atomic E-state index is -0.239. The number of nitrogens with zero attached hydrogens (tertiary/aromatic N) is 2. The summed E-state index contributed by atoms with van der Waals surface area (Å²) < 4.78 is 10.8. The van der Waals surface area contributed by atoms with Gasteiger partial charge in [0.05, 0.1) is 19.8 Å². The highest BCUT2D eigenvalue weighted by Crippen LogP contribution is 2.19. The lowest BCUT2D eigenvalue weighted by Crippen LogP contribution is -2.50. The molecular weight excluding hydrogens is 447 g/mol. The first kappa shape index (κ1) is 23.3. The minimum Gasteiger partial charge on any atom is -0.453 e.